The van der Waals surface area contributed by atoms with Crippen molar-refractivity contribution in [1.82, 2.24) is 14.8 Å². The number of hydrogen-bond acceptors (Lipinski definition) is 6. The Morgan fingerprint density at radius 3 is 2.42 bits per heavy atom. The van der Waals surface area contributed by atoms with Crippen molar-refractivity contribution >= 4 is 35.4 Å². The highest BCUT2D eigenvalue weighted by Crippen LogP contribution is 2.34. The van der Waals surface area contributed by atoms with E-state index in [1.54, 1.807) is 48.5 Å². The topological polar surface area (TPSA) is 86.5 Å². The van der Waals surface area contributed by atoms with Crippen LogP contribution in [-0.4, -0.2) is 32.4 Å². The van der Waals surface area contributed by atoms with Crippen LogP contribution in [0.4, 0.5) is 4.39 Å². The van der Waals surface area contributed by atoms with Crippen LogP contribution >= 0.6 is 23.4 Å². The van der Waals surface area contributed by atoms with Gasteiger partial charge in [0.25, 0.3) is 0 Å². The maximum absolute atomic E-state index is 13.2. The summed E-state index contributed by atoms with van der Waals surface area (Å²) < 4.78 is 26.6. The molecule has 0 unspecified atom stereocenters. The quantitative estimate of drug-likeness (QED) is 0.159. The molecule has 4 rings (SSSR count). The maximum Gasteiger partial charge on any atom is 0.342 e. The van der Waals surface area contributed by atoms with Crippen molar-refractivity contribution in [3.05, 3.63) is 93.6 Å². The number of hydrogen-bond donors (Lipinski definition) is 1. The lowest BCUT2D eigenvalue weighted by Crippen LogP contribution is -2.03. The Morgan fingerprint density at radius 2 is 1.76 bits per heavy atom. The molecule has 0 amide bonds. The van der Waals surface area contributed by atoms with Gasteiger partial charge < -0.3 is 19.1 Å². The Balaban J connectivity index is 1.58. The van der Waals surface area contributed by atoms with E-state index in [2.05, 4.69) is 10.2 Å². The molecule has 0 spiro atoms. The van der Waals surface area contributed by atoms with Gasteiger partial charge in [0, 0.05) is 17.1 Å². The number of halogens is 2. The van der Waals surface area contributed by atoms with E-state index >= 15 is 0 Å². The molecule has 7 nitrogen and oxygen atoms in total. The molecule has 0 bridgehead atoms. The Labute approximate surface area is 228 Å². The van der Waals surface area contributed by atoms with Gasteiger partial charge in [-0.25, -0.2) is 9.18 Å². The molecule has 0 atom stereocenters. The molecule has 38 heavy (non-hydrogen) atoms. The zero-order valence-corrected chi connectivity index (χ0v) is 22.3. The Morgan fingerprint density at radius 1 is 1.03 bits per heavy atom. The van der Waals surface area contributed by atoms with Crippen LogP contribution in [0.25, 0.3) is 17.5 Å². The van der Waals surface area contributed by atoms with E-state index in [1.165, 1.54) is 12.1 Å². The highest BCUT2D eigenvalue weighted by molar-refractivity contribution is 8.04. The van der Waals surface area contributed by atoms with Crippen molar-refractivity contribution in [3.63, 3.8) is 0 Å². The lowest BCUT2D eigenvalue weighted by molar-refractivity contribution is -0.131. The third-order valence-electron chi connectivity index (χ3n) is 5.42. The van der Waals surface area contributed by atoms with E-state index in [9.17, 15) is 14.3 Å². The Bertz CT molecular complexity index is 1440. The van der Waals surface area contributed by atoms with Gasteiger partial charge in [-0.2, -0.15) is 0 Å². The Hall–Kier alpha value is -3.82. The first-order chi connectivity index (χ1) is 18.4. The minimum absolute atomic E-state index is 0.0668. The second kappa shape index (κ2) is 12.6. The van der Waals surface area contributed by atoms with E-state index < -0.39 is 5.97 Å². The summed E-state index contributed by atoms with van der Waals surface area (Å²) in [7, 11) is 0. The summed E-state index contributed by atoms with van der Waals surface area (Å²) in [5.74, 6) is 0.183. The number of carboxylic acids is 1. The zero-order chi connectivity index (χ0) is 27.1. The molecule has 1 heterocycles. The fourth-order valence-corrected chi connectivity index (χ4v) is 4.60. The van der Waals surface area contributed by atoms with Crippen LogP contribution in [0.5, 0.6) is 11.5 Å². The SMILES string of the molecule is CCOc1cc(/C=C(\Sc2nnc(-c3ccc(Cl)cc3)n2CC)C(=O)O)ccc1OCc1ccc(F)cc1. The molecule has 1 N–H and O–H groups in total. The van der Waals surface area contributed by atoms with E-state index in [-0.39, 0.29) is 17.3 Å². The van der Waals surface area contributed by atoms with E-state index in [0.717, 1.165) is 22.9 Å². The van der Waals surface area contributed by atoms with Gasteiger partial charge in [-0.1, -0.05) is 29.8 Å². The van der Waals surface area contributed by atoms with Gasteiger partial charge in [-0.3, -0.25) is 0 Å². The number of carboxylic acid groups (broad SMARTS) is 1. The van der Waals surface area contributed by atoms with Gasteiger partial charge in [0.15, 0.2) is 22.5 Å². The number of aromatic nitrogens is 3. The molecule has 0 radical (unpaired) electrons. The predicted molar refractivity (Wildman–Crippen MR) is 146 cm³/mol. The fraction of sp³-hybridized carbons (Fsp3) is 0.179. The second-order valence-electron chi connectivity index (χ2n) is 8.03. The molecule has 0 fully saturated rings. The first-order valence-corrected chi connectivity index (χ1v) is 13.0. The summed E-state index contributed by atoms with van der Waals surface area (Å²) >= 11 is 7.02. The minimum Gasteiger partial charge on any atom is -0.490 e. The molecule has 0 saturated heterocycles. The van der Waals surface area contributed by atoms with Crippen molar-refractivity contribution in [2.24, 2.45) is 0 Å². The molecule has 0 aliphatic rings. The predicted octanol–water partition coefficient (Wildman–Crippen LogP) is 6.95. The second-order valence-corrected chi connectivity index (χ2v) is 9.47. The van der Waals surface area contributed by atoms with Crippen molar-refractivity contribution in [2.75, 3.05) is 6.61 Å². The van der Waals surface area contributed by atoms with Crippen molar-refractivity contribution in [2.45, 2.75) is 32.2 Å². The van der Waals surface area contributed by atoms with Gasteiger partial charge in [0.1, 0.15) is 17.3 Å². The van der Waals surface area contributed by atoms with E-state index in [4.69, 9.17) is 21.1 Å². The van der Waals surface area contributed by atoms with Gasteiger partial charge in [0.05, 0.1) is 6.61 Å². The lowest BCUT2D eigenvalue weighted by atomic mass is 10.2. The van der Waals surface area contributed by atoms with Crippen molar-refractivity contribution in [3.8, 4) is 22.9 Å². The van der Waals surface area contributed by atoms with Gasteiger partial charge >= 0.3 is 5.97 Å². The maximum atomic E-state index is 13.2. The van der Waals surface area contributed by atoms with Crippen molar-refractivity contribution in [1.29, 1.82) is 0 Å². The van der Waals surface area contributed by atoms with Gasteiger partial charge in [-0.05, 0) is 91.3 Å². The van der Waals surface area contributed by atoms with E-state index in [1.807, 2.05) is 30.5 Å². The van der Waals surface area contributed by atoms with Crippen LogP contribution in [0, 0.1) is 5.82 Å². The molecule has 196 valence electrons. The first-order valence-electron chi connectivity index (χ1n) is 11.8. The smallest absolute Gasteiger partial charge is 0.342 e. The summed E-state index contributed by atoms with van der Waals surface area (Å²) in [5.41, 5.74) is 2.25. The fourth-order valence-electron chi connectivity index (χ4n) is 3.59. The monoisotopic (exact) mass is 553 g/mol. The van der Waals surface area contributed by atoms with Crippen LogP contribution in [0.2, 0.25) is 5.02 Å². The average molecular weight is 554 g/mol. The van der Waals surface area contributed by atoms with E-state index in [0.29, 0.717) is 46.2 Å². The number of nitrogens with zero attached hydrogens (tertiary/aromatic N) is 3. The highest BCUT2D eigenvalue weighted by atomic mass is 35.5. The molecule has 10 heteroatoms. The van der Waals surface area contributed by atoms with Crippen LogP contribution < -0.4 is 9.47 Å². The molecule has 4 aromatic rings. The number of thioether (sulfide) groups is 1. The number of rotatable bonds is 11. The average Bonchev–Trinajstić information content (AvgIpc) is 3.32. The molecule has 0 saturated carbocycles. The molecule has 0 aliphatic carbocycles. The van der Waals surface area contributed by atoms with Crippen LogP contribution in [0.3, 0.4) is 0 Å². The number of benzene rings is 3. The highest BCUT2D eigenvalue weighted by Gasteiger charge is 2.19. The molecule has 3 aromatic carbocycles. The summed E-state index contributed by atoms with van der Waals surface area (Å²) in [6.45, 7) is 4.97. The summed E-state index contributed by atoms with van der Waals surface area (Å²) in [4.78, 5) is 12.2. The first kappa shape index (κ1) is 27.2. The normalized spacial score (nSPS) is 11.4. The van der Waals surface area contributed by atoms with Gasteiger partial charge in [-0.15, -0.1) is 10.2 Å². The van der Waals surface area contributed by atoms with Crippen LogP contribution in [0.1, 0.15) is 25.0 Å². The van der Waals surface area contributed by atoms with Crippen molar-refractivity contribution < 1.29 is 23.8 Å². The summed E-state index contributed by atoms with van der Waals surface area (Å²) in [5, 5.41) is 19.5. The Kier molecular flexibility index (Phi) is 9.04. The third-order valence-corrected chi connectivity index (χ3v) is 6.67. The molecular formula is C28H25ClFN3O4S. The molecular weight excluding hydrogens is 529 g/mol. The molecule has 1 aromatic heterocycles. The summed E-state index contributed by atoms with van der Waals surface area (Å²) in [6, 6.07) is 18.5. The van der Waals surface area contributed by atoms with Crippen LogP contribution in [0.15, 0.2) is 76.8 Å². The zero-order valence-electron chi connectivity index (χ0n) is 20.7. The minimum atomic E-state index is -1.09. The lowest BCUT2D eigenvalue weighted by Gasteiger charge is -2.13. The van der Waals surface area contributed by atoms with Gasteiger partial charge in [0.2, 0.25) is 0 Å². The number of aliphatic carboxylic acids is 1. The largest absolute Gasteiger partial charge is 0.490 e. The third kappa shape index (κ3) is 6.73. The van der Waals surface area contributed by atoms with Crippen LogP contribution in [-0.2, 0) is 17.9 Å². The molecule has 0 aliphatic heterocycles. The summed E-state index contributed by atoms with van der Waals surface area (Å²) in [6.07, 6.45) is 1.55. The number of carbonyl (C=O) groups is 1. The standard InChI is InChI=1S/C28H25ClFN3O4S/c1-3-33-26(20-8-10-21(29)11-9-20)31-32-28(33)38-25(27(34)35)16-19-7-14-23(24(15-19)36-4-2)37-17-18-5-12-22(30)13-6-18/h5-16H,3-4,17H2,1-2H3,(H,34,35)/b25-16-. The number of ether oxygens (including phenoxy) is 2.